The van der Waals surface area contributed by atoms with Gasteiger partial charge in [-0.2, -0.15) is 0 Å². The summed E-state index contributed by atoms with van der Waals surface area (Å²) in [5, 5.41) is 0. The van der Waals surface area contributed by atoms with Crippen LogP contribution in [-0.4, -0.2) is 12.4 Å². The van der Waals surface area contributed by atoms with Crippen molar-refractivity contribution in [3.05, 3.63) is 35.9 Å². The first kappa shape index (κ1) is 12.9. The lowest BCUT2D eigenvalue weighted by atomic mass is 10.0. The minimum Gasteiger partial charge on any atom is -0.485 e. The lowest BCUT2D eigenvalue weighted by Crippen LogP contribution is -2.19. The molecule has 0 unspecified atom stereocenters. The molecule has 1 aliphatic carbocycles. The molecule has 2 nitrogen and oxygen atoms in total. The second-order valence-corrected chi connectivity index (χ2v) is 4.77. The Labute approximate surface area is 109 Å². The van der Waals surface area contributed by atoms with Gasteiger partial charge >= 0.3 is 0 Å². The highest BCUT2D eigenvalue weighted by molar-refractivity contribution is 5.82. The molecular formula is C16H20O2. The molecule has 1 aromatic carbocycles. The van der Waals surface area contributed by atoms with E-state index in [9.17, 15) is 4.79 Å². The van der Waals surface area contributed by atoms with Gasteiger partial charge in [0.25, 0.3) is 0 Å². The molecule has 0 aliphatic heterocycles. The first-order chi connectivity index (χ1) is 8.81. The van der Waals surface area contributed by atoms with Gasteiger partial charge in [0, 0.05) is 11.5 Å². The monoisotopic (exact) mass is 244 g/mol. The summed E-state index contributed by atoms with van der Waals surface area (Å²) in [6.07, 6.45) is 8.42. The molecule has 0 atom stereocenters. The van der Waals surface area contributed by atoms with Gasteiger partial charge in [-0.25, -0.2) is 0 Å². The van der Waals surface area contributed by atoms with Crippen LogP contribution in [-0.2, 0) is 4.79 Å². The van der Waals surface area contributed by atoms with Crippen molar-refractivity contribution in [3.8, 4) is 5.75 Å². The van der Waals surface area contributed by atoms with Gasteiger partial charge in [0.1, 0.15) is 12.4 Å². The Balaban J connectivity index is 1.95. The van der Waals surface area contributed by atoms with Crippen LogP contribution in [0.25, 0.3) is 6.08 Å². The molecule has 1 aromatic rings. The molecule has 1 fully saturated rings. The Morgan fingerprint density at radius 3 is 2.78 bits per heavy atom. The number of ketones is 1. The lowest BCUT2D eigenvalue weighted by molar-refractivity contribution is -0.124. The van der Waals surface area contributed by atoms with Crippen molar-refractivity contribution in [1.29, 1.82) is 0 Å². The largest absolute Gasteiger partial charge is 0.485 e. The van der Waals surface area contributed by atoms with E-state index in [0.29, 0.717) is 0 Å². The normalized spacial score (nSPS) is 16.3. The molecule has 0 saturated heterocycles. The number of rotatable bonds is 5. The van der Waals surface area contributed by atoms with Crippen molar-refractivity contribution < 1.29 is 9.53 Å². The molecule has 96 valence electrons. The highest BCUT2D eigenvalue weighted by Gasteiger charge is 2.22. The zero-order valence-corrected chi connectivity index (χ0v) is 10.9. The molecular weight excluding hydrogens is 224 g/mol. The fourth-order valence-corrected chi connectivity index (χ4v) is 2.44. The second kappa shape index (κ2) is 6.39. The van der Waals surface area contributed by atoms with Crippen LogP contribution < -0.4 is 4.74 Å². The molecule has 2 heteroatoms. The van der Waals surface area contributed by atoms with Gasteiger partial charge in [0.15, 0.2) is 5.78 Å². The number of hydrogen-bond donors (Lipinski definition) is 0. The molecule has 0 radical (unpaired) electrons. The van der Waals surface area contributed by atoms with E-state index >= 15 is 0 Å². The third-order valence-electron chi connectivity index (χ3n) is 3.45. The minimum atomic E-state index is 0.208. The lowest BCUT2D eigenvalue weighted by Gasteiger charge is -2.11. The van der Waals surface area contributed by atoms with E-state index in [1.807, 2.05) is 43.3 Å². The van der Waals surface area contributed by atoms with Crippen molar-refractivity contribution in [1.82, 2.24) is 0 Å². The second-order valence-electron chi connectivity index (χ2n) is 4.77. The summed E-state index contributed by atoms with van der Waals surface area (Å²) in [4.78, 5) is 11.9. The van der Waals surface area contributed by atoms with E-state index in [-0.39, 0.29) is 18.3 Å². The SMILES string of the molecule is C/C=C/c1ccccc1OCC(=O)C1CCCC1. The molecule has 0 spiro atoms. The quantitative estimate of drug-likeness (QED) is 0.786. The maximum atomic E-state index is 11.9. The van der Waals surface area contributed by atoms with Crippen molar-refractivity contribution in [2.75, 3.05) is 6.61 Å². The first-order valence-electron chi connectivity index (χ1n) is 6.68. The smallest absolute Gasteiger partial charge is 0.173 e. The molecule has 18 heavy (non-hydrogen) atoms. The van der Waals surface area contributed by atoms with Gasteiger partial charge in [-0.05, 0) is 25.8 Å². The Morgan fingerprint density at radius 1 is 1.33 bits per heavy atom. The molecule has 1 aliphatic rings. The van der Waals surface area contributed by atoms with E-state index in [0.717, 1.165) is 24.2 Å². The van der Waals surface area contributed by atoms with Gasteiger partial charge in [0.05, 0.1) is 0 Å². The number of Topliss-reactive ketones (excluding diaryl/α,β-unsaturated/α-hetero) is 1. The number of hydrogen-bond acceptors (Lipinski definition) is 2. The van der Waals surface area contributed by atoms with Crippen LogP contribution in [0.3, 0.4) is 0 Å². The van der Waals surface area contributed by atoms with Crippen molar-refractivity contribution in [2.45, 2.75) is 32.6 Å². The minimum absolute atomic E-state index is 0.208. The molecule has 0 aromatic heterocycles. The van der Waals surface area contributed by atoms with Crippen LogP contribution in [0.4, 0.5) is 0 Å². The van der Waals surface area contributed by atoms with Crippen LogP contribution in [0.2, 0.25) is 0 Å². The molecule has 0 amide bonds. The summed E-state index contributed by atoms with van der Waals surface area (Å²) >= 11 is 0. The van der Waals surface area contributed by atoms with E-state index in [4.69, 9.17) is 4.74 Å². The maximum absolute atomic E-state index is 11.9. The average molecular weight is 244 g/mol. The van der Waals surface area contributed by atoms with Gasteiger partial charge in [-0.3, -0.25) is 4.79 Å². The van der Waals surface area contributed by atoms with Crippen LogP contribution in [0.5, 0.6) is 5.75 Å². The highest BCUT2D eigenvalue weighted by atomic mass is 16.5. The van der Waals surface area contributed by atoms with E-state index in [1.54, 1.807) is 0 Å². The summed E-state index contributed by atoms with van der Waals surface area (Å²) < 4.78 is 5.66. The third-order valence-corrected chi connectivity index (χ3v) is 3.45. The molecule has 0 bridgehead atoms. The Bertz CT molecular complexity index is 428. The van der Waals surface area contributed by atoms with Gasteiger partial charge in [0.2, 0.25) is 0 Å². The zero-order chi connectivity index (χ0) is 12.8. The number of allylic oxidation sites excluding steroid dienone is 1. The topological polar surface area (TPSA) is 26.3 Å². The Morgan fingerprint density at radius 2 is 2.06 bits per heavy atom. The summed E-state index contributed by atoms with van der Waals surface area (Å²) in [7, 11) is 0. The standard InChI is InChI=1S/C16H20O2/c1-2-7-14-10-5-6-11-16(14)18-12-15(17)13-8-3-4-9-13/h2,5-7,10-11,13H,3-4,8-9,12H2,1H3/b7-2+. The van der Waals surface area contributed by atoms with Crippen molar-refractivity contribution in [2.24, 2.45) is 5.92 Å². The Kier molecular flexibility index (Phi) is 4.57. The molecule has 2 rings (SSSR count). The summed E-state index contributed by atoms with van der Waals surface area (Å²) in [5.74, 6) is 1.28. The summed E-state index contributed by atoms with van der Waals surface area (Å²) in [5.41, 5.74) is 1.03. The van der Waals surface area contributed by atoms with Crippen LogP contribution in [0.1, 0.15) is 38.2 Å². The first-order valence-corrected chi connectivity index (χ1v) is 6.68. The summed E-state index contributed by atoms with van der Waals surface area (Å²) in [6, 6.07) is 7.82. The van der Waals surface area contributed by atoms with Gasteiger partial charge in [-0.1, -0.05) is 43.2 Å². The molecule has 1 saturated carbocycles. The number of ether oxygens (including phenoxy) is 1. The van der Waals surface area contributed by atoms with Crippen molar-refractivity contribution in [3.63, 3.8) is 0 Å². The van der Waals surface area contributed by atoms with Gasteiger partial charge < -0.3 is 4.74 Å². The zero-order valence-electron chi connectivity index (χ0n) is 10.9. The highest BCUT2D eigenvalue weighted by Crippen LogP contribution is 2.26. The molecule has 0 heterocycles. The fourth-order valence-electron chi connectivity index (χ4n) is 2.44. The summed E-state index contributed by atoms with van der Waals surface area (Å²) in [6.45, 7) is 2.18. The number of carbonyl (C=O) groups excluding carboxylic acids is 1. The van der Waals surface area contributed by atoms with E-state index < -0.39 is 0 Å². The Hall–Kier alpha value is -1.57. The van der Waals surface area contributed by atoms with Crippen LogP contribution in [0, 0.1) is 5.92 Å². The predicted molar refractivity (Wildman–Crippen MR) is 73.6 cm³/mol. The van der Waals surface area contributed by atoms with Crippen molar-refractivity contribution >= 4 is 11.9 Å². The third kappa shape index (κ3) is 3.22. The fraction of sp³-hybridized carbons (Fsp3) is 0.438. The van der Waals surface area contributed by atoms with E-state index in [2.05, 4.69) is 0 Å². The number of para-hydroxylation sites is 1. The van der Waals surface area contributed by atoms with Crippen LogP contribution >= 0.6 is 0 Å². The number of benzene rings is 1. The van der Waals surface area contributed by atoms with E-state index in [1.165, 1.54) is 12.8 Å². The molecule has 0 N–H and O–H groups in total. The van der Waals surface area contributed by atoms with Crippen LogP contribution in [0.15, 0.2) is 30.3 Å². The van der Waals surface area contributed by atoms with Gasteiger partial charge in [-0.15, -0.1) is 0 Å². The number of carbonyl (C=O) groups is 1. The average Bonchev–Trinajstić information content (AvgIpc) is 2.92. The maximum Gasteiger partial charge on any atom is 0.173 e. The predicted octanol–water partition coefficient (Wildman–Crippen LogP) is 3.86.